The number of nitrogens with zero attached hydrogens (tertiary/aromatic N) is 2. The highest BCUT2D eigenvalue weighted by Gasteiger charge is 2.49. The van der Waals surface area contributed by atoms with Gasteiger partial charge in [-0.1, -0.05) is 19.9 Å². The Morgan fingerprint density at radius 2 is 2.22 bits per heavy atom. The molecule has 2 rings (SSSR count). The summed E-state index contributed by atoms with van der Waals surface area (Å²) < 4.78 is 5.69. The van der Waals surface area contributed by atoms with Crippen molar-refractivity contribution in [3.63, 3.8) is 0 Å². The van der Waals surface area contributed by atoms with Crippen LogP contribution in [0.15, 0.2) is 18.3 Å². The van der Waals surface area contributed by atoms with Crippen molar-refractivity contribution in [3.05, 3.63) is 23.9 Å². The second kappa shape index (κ2) is 7.17. The average Bonchev–Trinajstić information content (AvgIpc) is 2.52. The molecule has 6 nitrogen and oxygen atoms in total. The molecule has 0 radical (unpaired) electrons. The summed E-state index contributed by atoms with van der Waals surface area (Å²) in [5.74, 6) is 0.869. The molecule has 2 atom stereocenters. The lowest BCUT2D eigenvalue weighted by molar-refractivity contribution is -0.110. The van der Waals surface area contributed by atoms with Gasteiger partial charge in [-0.25, -0.2) is 9.78 Å². The Hall–Kier alpha value is -1.82. The molecule has 0 spiro atoms. The van der Waals surface area contributed by atoms with Gasteiger partial charge in [0.15, 0.2) is 0 Å². The van der Waals surface area contributed by atoms with E-state index in [-0.39, 0.29) is 23.6 Å². The number of carbonyl (C=O) groups excluding carboxylic acids is 1. The maximum Gasteiger partial charge on any atom is 0.315 e. The van der Waals surface area contributed by atoms with Crippen LogP contribution in [0.1, 0.15) is 32.8 Å². The molecule has 0 bridgehead atoms. The minimum Gasteiger partial charge on any atom is -0.378 e. The van der Waals surface area contributed by atoms with Crippen LogP contribution in [0.2, 0.25) is 0 Å². The number of pyridine rings is 1. The van der Waals surface area contributed by atoms with Gasteiger partial charge in [0.1, 0.15) is 5.82 Å². The van der Waals surface area contributed by atoms with Crippen molar-refractivity contribution < 1.29 is 9.53 Å². The van der Waals surface area contributed by atoms with Gasteiger partial charge in [-0.3, -0.25) is 0 Å². The van der Waals surface area contributed by atoms with Gasteiger partial charge in [0.05, 0.1) is 6.10 Å². The number of hydrogen-bond donors (Lipinski definition) is 2. The zero-order valence-electron chi connectivity index (χ0n) is 14.7. The van der Waals surface area contributed by atoms with E-state index in [0.717, 1.165) is 17.8 Å². The minimum atomic E-state index is -0.147. The second-order valence-corrected chi connectivity index (χ2v) is 6.76. The molecule has 2 amide bonds. The van der Waals surface area contributed by atoms with E-state index in [4.69, 9.17) is 4.74 Å². The number of amides is 2. The number of urea groups is 1. The third-order valence-electron chi connectivity index (χ3n) is 4.58. The van der Waals surface area contributed by atoms with Gasteiger partial charge in [0.2, 0.25) is 0 Å². The first-order valence-corrected chi connectivity index (χ1v) is 8.13. The Kier molecular flexibility index (Phi) is 5.46. The Morgan fingerprint density at radius 3 is 2.83 bits per heavy atom. The van der Waals surface area contributed by atoms with Crippen molar-refractivity contribution in [2.75, 3.05) is 25.6 Å². The largest absolute Gasteiger partial charge is 0.378 e. The molecule has 23 heavy (non-hydrogen) atoms. The van der Waals surface area contributed by atoms with Crippen molar-refractivity contribution >= 4 is 11.8 Å². The molecule has 1 aliphatic rings. The van der Waals surface area contributed by atoms with Crippen LogP contribution in [0, 0.1) is 5.41 Å². The molecule has 1 saturated carbocycles. The number of anilines is 1. The minimum absolute atomic E-state index is 0.0313. The fourth-order valence-corrected chi connectivity index (χ4v) is 2.97. The second-order valence-electron chi connectivity index (χ2n) is 6.76. The van der Waals surface area contributed by atoms with Crippen LogP contribution in [0.5, 0.6) is 0 Å². The molecular formula is C17H28N4O2. The zero-order chi connectivity index (χ0) is 17.0. The molecule has 1 aromatic rings. The maximum absolute atomic E-state index is 12.2. The molecule has 1 heterocycles. The van der Waals surface area contributed by atoms with Gasteiger partial charge < -0.3 is 20.3 Å². The molecule has 1 fully saturated rings. The van der Waals surface area contributed by atoms with Crippen LogP contribution < -0.4 is 15.5 Å². The molecular weight excluding hydrogens is 292 g/mol. The lowest BCUT2D eigenvalue weighted by atomic mass is 9.64. The SMILES string of the molecule is CCO[C@@H]1C[C@H](NC(=O)NCc2cccnc2N(C)C)C1(C)C. The van der Waals surface area contributed by atoms with Gasteiger partial charge in [0.25, 0.3) is 0 Å². The van der Waals surface area contributed by atoms with Gasteiger partial charge in [-0.2, -0.15) is 0 Å². The van der Waals surface area contributed by atoms with E-state index in [1.165, 1.54) is 0 Å². The normalized spacial score (nSPS) is 22.1. The van der Waals surface area contributed by atoms with Crippen LogP contribution in [0.25, 0.3) is 0 Å². The van der Waals surface area contributed by atoms with Gasteiger partial charge in [-0.05, 0) is 19.4 Å². The number of hydrogen-bond acceptors (Lipinski definition) is 4. The number of nitrogens with one attached hydrogen (secondary N) is 2. The molecule has 2 N–H and O–H groups in total. The van der Waals surface area contributed by atoms with E-state index >= 15 is 0 Å². The Balaban J connectivity index is 1.85. The van der Waals surface area contributed by atoms with Crippen molar-refractivity contribution in [3.8, 4) is 0 Å². The molecule has 0 aromatic carbocycles. The summed E-state index contributed by atoms with van der Waals surface area (Å²) in [5.41, 5.74) is 0.962. The molecule has 0 aliphatic heterocycles. The first-order chi connectivity index (χ1) is 10.9. The number of aromatic nitrogens is 1. The Labute approximate surface area is 138 Å². The summed E-state index contributed by atoms with van der Waals surface area (Å²) in [6.07, 6.45) is 2.84. The monoisotopic (exact) mass is 320 g/mol. The van der Waals surface area contributed by atoms with Crippen LogP contribution >= 0.6 is 0 Å². The summed E-state index contributed by atoms with van der Waals surface area (Å²) in [4.78, 5) is 18.4. The van der Waals surface area contributed by atoms with Crippen molar-refractivity contribution in [2.45, 2.75) is 45.9 Å². The summed E-state index contributed by atoms with van der Waals surface area (Å²) in [6.45, 7) is 7.43. The van der Waals surface area contributed by atoms with Crippen molar-refractivity contribution in [2.24, 2.45) is 5.41 Å². The van der Waals surface area contributed by atoms with E-state index in [1.54, 1.807) is 6.20 Å². The van der Waals surface area contributed by atoms with Crippen molar-refractivity contribution in [1.82, 2.24) is 15.6 Å². The molecule has 0 saturated heterocycles. The van der Waals surface area contributed by atoms with E-state index in [2.05, 4.69) is 29.5 Å². The predicted molar refractivity (Wildman–Crippen MR) is 91.5 cm³/mol. The zero-order valence-corrected chi connectivity index (χ0v) is 14.7. The van der Waals surface area contributed by atoms with Gasteiger partial charge in [0, 0.05) is 50.5 Å². The van der Waals surface area contributed by atoms with Gasteiger partial charge in [-0.15, -0.1) is 0 Å². The van der Waals surface area contributed by atoms with E-state index < -0.39 is 0 Å². The summed E-state index contributed by atoms with van der Waals surface area (Å²) in [7, 11) is 3.88. The summed E-state index contributed by atoms with van der Waals surface area (Å²) in [5, 5.41) is 5.97. The highest BCUT2D eigenvalue weighted by atomic mass is 16.5. The highest BCUT2D eigenvalue weighted by molar-refractivity contribution is 5.74. The first-order valence-electron chi connectivity index (χ1n) is 8.13. The van der Waals surface area contributed by atoms with Crippen LogP contribution in [-0.4, -0.2) is 43.9 Å². The summed E-state index contributed by atoms with van der Waals surface area (Å²) >= 11 is 0. The molecule has 0 unspecified atom stereocenters. The molecule has 1 aromatic heterocycles. The third kappa shape index (κ3) is 3.93. The van der Waals surface area contributed by atoms with Crippen molar-refractivity contribution in [1.29, 1.82) is 0 Å². The standard InChI is InChI=1S/C17H28N4O2/c1-6-23-14-10-13(17(14,2)3)20-16(22)19-11-12-8-7-9-18-15(12)21(4)5/h7-9,13-14H,6,10-11H2,1-5H3,(H2,19,20,22)/t13-,14+/m0/s1. The fraction of sp³-hybridized carbons (Fsp3) is 0.647. The first kappa shape index (κ1) is 17.5. The molecule has 128 valence electrons. The van der Waals surface area contributed by atoms with Gasteiger partial charge >= 0.3 is 6.03 Å². The smallest absolute Gasteiger partial charge is 0.315 e. The average molecular weight is 320 g/mol. The Morgan fingerprint density at radius 1 is 1.48 bits per heavy atom. The fourth-order valence-electron chi connectivity index (χ4n) is 2.97. The van der Waals surface area contributed by atoms with E-state index in [1.807, 2.05) is 38.1 Å². The van der Waals surface area contributed by atoms with Crippen LogP contribution in [0.4, 0.5) is 10.6 Å². The van der Waals surface area contributed by atoms with Crippen LogP contribution in [-0.2, 0) is 11.3 Å². The topological polar surface area (TPSA) is 66.5 Å². The lowest BCUT2D eigenvalue weighted by Gasteiger charge is -2.51. The number of carbonyl (C=O) groups is 1. The third-order valence-corrected chi connectivity index (χ3v) is 4.58. The maximum atomic E-state index is 12.2. The number of ether oxygens (including phenoxy) is 1. The highest BCUT2D eigenvalue weighted by Crippen LogP contribution is 2.42. The van der Waals surface area contributed by atoms with E-state index in [9.17, 15) is 4.79 Å². The van der Waals surface area contributed by atoms with E-state index in [0.29, 0.717) is 13.2 Å². The lowest BCUT2D eigenvalue weighted by Crippen LogP contribution is -2.63. The Bertz CT molecular complexity index is 545. The van der Waals surface area contributed by atoms with Crippen LogP contribution in [0.3, 0.4) is 0 Å². The number of rotatable bonds is 6. The summed E-state index contributed by atoms with van der Waals surface area (Å²) in [6, 6.07) is 3.85. The molecule has 6 heteroatoms. The quantitative estimate of drug-likeness (QED) is 0.843. The predicted octanol–water partition coefficient (Wildman–Crippen LogP) is 2.15. The molecule has 1 aliphatic carbocycles.